The van der Waals surface area contributed by atoms with E-state index in [0.29, 0.717) is 0 Å². The lowest BCUT2D eigenvalue weighted by Crippen LogP contribution is -2.30. The third-order valence-electron chi connectivity index (χ3n) is 1.95. The van der Waals surface area contributed by atoms with E-state index in [1.54, 1.807) is 0 Å². The first-order valence-corrected chi connectivity index (χ1v) is 4.31. The SMILES string of the molecule is NC(=O)c1ncn2c(=O)n(CCF)nnc12. The van der Waals surface area contributed by atoms with Crippen molar-refractivity contribution in [2.75, 3.05) is 6.67 Å². The number of imidazole rings is 1. The highest BCUT2D eigenvalue weighted by molar-refractivity contribution is 5.96. The fourth-order valence-electron chi connectivity index (χ4n) is 1.23. The Labute approximate surface area is 87.5 Å². The molecule has 0 radical (unpaired) electrons. The van der Waals surface area contributed by atoms with E-state index in [-0.39, 0.29) is 17.9 Å². The van der Waals surface area contributed by atoms with Crippen LogP contribution in [0.3, 0.4) is 0 Å². The van der Waals surface area contributed by atoms with E-state index >= 15 is 0 Å². The monoisotopic (exact) mass is 226 g/mol. The topological polar surface area (TPSA) is 108 Å². The molecule has 0 bridgehead atoms. The number of rotatable bonds is 3. The van der Waals surface area contributed by atoms with E-state index in [9.17, 15) is 14.0 Å². The van der Waals surface area contributed by atoms with Crippen LogP contribution in [-0.4, -0.2) is 37.0 Å². The van der Waals surface area contributed by atoms with E-state index in [0.717, 1.165) is 15.4 Å². The maximum atomic E-state index is 12.1. The first-order chi connectivity index (χ1) is 7.65. The third kappa shape index (κ3) is 1.42. The number of carbonyl (C=O) groups excluding carboxylic acids is 1. The van der Waals surface area contributed by atoms with Crippen molar-refractivity contribution in [1.29, 1.82) is 0 Å². The van der Waals surface area contributed by atoms with Gasteiger partial charge in [-0.05, 0) is 0 Å². The van der Waals surface area contributed by atoms with Crippen LogP contribution in [0.5, 0.6) is 0 Å². The van der Waals surface area contributed by atoms with Gasteiger partial charge < -0.3 is 5.73 Å². The number of aryl methyl sites for hydroxylation is 1. The largest absolute Gasteiger partial charge is 0.364 e. The summed E-state index contributed by atoms with van der Waals surface area (Å²) in [5, 5.41) is 7.04. The van der Waals surface area contributed by atoms with Gasteiger partial charge in [-0.15, -0.1) is 5.10 Å². The predicted octanol–water partition coefficient (Wildman–Crippen LogP) is -1.65. The van der Waals surface area contributed by atoms with Crippen molar-refractivity contribution < 1.29 is 9.18 Å². The number of primary amides is 1. The molecule has 0 aliphatic carbocycles. The molecular formula is C7H7FN6O2. The van der Waals surface area contributed by atoms with Crippen LogP contribution in [0, 0.1) is 0 Å². The quantitative estimate of drug-likeness (QED) is 0.674. The molecule has 2 N–H and O–H groups in total. The molecule has 9 heteroatoms. The van der Waals surface area contributed by atoms with Gasteiger partial charge in [-0.25, -0.2) is 18.6 Å². The molecule has 0 aromatic carbocycles. The Morgan fingerprint density at radius 1 is 1.56 bits per heavy atom. The summed E-state index contributed by atoms with van der Waals surface area (Å²) in [6.45, 7) is -0.941. The number of aromatic nitrogens is 5. The summed E-state index contributed by atoms with van der Waals surface area (Å²) in [6, 6.07) is 0. The molecule has 84 valence electrons. The number of alkyl halides is 1. The number of nitrogens with zero attached hydrogens (tertiary/aromatic N) is 5. The first-order valence-electron chi connectivity index (χ1n) is 4.31. The minimum atomic E-state index is -0.806. The fourth-order valence-corrected chi connectivity index (χ4v) is 1.23. The van der Waals surface area contributed by atoms with Crippen LogP contribution in [0.25, 0.3) is 5.65 Å². The molecule has 0 fully saturated rings. The Bertz CT molecular complexity index is 602. The zero-order chi connectivity index (χ0) is 11.7. The Hall–Kier alpha value is -2.32. The van der Waals surface area contributed by atoms with Crippen LogP contribution in [0.15, 0.2) is 11.1 Å². The molecule has 2 aromatic heterocycles. The summed E-state index contributed by atoms with van der Waals surface area (Å²) < 4.78 is 13.9. The average Bonchev–Trinajstić information content (AvgIpc) is 2.67. The highest BCUT2D eigenvalue weighted by atomic mass is 19.1. The van der Waals surface area contributed by atoms with Gasteiger partial charge in [0.15, 0.2) is 11.3 Å². The number of carbonyl (C=O) groups is 1. The minimum absolute atomic E-state index is 0.0346. The number of hydrogen-bond acceptors (Lipinski definition) is 5. The lowest BCUT2D eigenvalue weighted by atomic mass is 10.4. The van der Waals surface area contributed by atoms with E-state index in [4.69, 9.17) is 5.73 Å². The number of hydrogen-bond donors (Lipinski definition) is 1. The van der Waals surface area contributed by atoms with Crippen molar-refractivity contribution in [3.05, 3.63) is 22.5 Å². The molecule has 16 heavy (non-hydrogen) atoms. The van der Waals surface area contributed by atoms with Crippen molar-refractivity contribution in [1.82, 2.24) is 24.4 Å². The molecule has 0 aliphatic rings. The molecule has 2 aromatic rings. The zero-order valence-electron chi connectivity index (χ0n) is 8.00. The highest BCUT2D eigenvalue weighted by Crippen LogP contribution is 2.00. The fraction of sp³-hybridized carbons (Fsp3) is 0.286. The normalized spacial score (nSPS) is 10.8. The Balaban J connectivity index is 2.69. The van der Waals surface area contributed by atoms with E-state index in [1.807, 2.05) is 0 Å². The molecule has 0 saturated carbocycles. The summed E-state index contributed by atoms with van der Waals surface area (Å²) in [4.78, 5) is 26.2. The van der Waals surface area contributed by atoms with Gasteiger partial charge in [-0.1, -0.05) is 5.21 Å². The Morgan fingerprint density at radius 3 is 2.94 bits per heavy atom. The third-order valence-corrected chi connectivity index (χ3v) is 1.95. The smallest absolute Gasteiger partial charge is 0.353 e. The highest BCUT2D eigenvalue weighted by Gasteiger charge is 2.14. The van der Waals surface area contributed by atoms with Crippen LogP contribution in [0.4, 0.5) is 4.39 Å². The summed E-state index contributed by atoms with van der Waals surface area (Å²) in [5.74, 6) is -0.806. The number of halogens is 1. The molecule has 2 rings (SSSR count). The standard InChI is InChI=1S/C7H7FN6O2/c8-1-2-14-7(16)13-3-10-4(5(9)15)6(13)11-12-14/h3H,1-2H2,(H2,9,15). The Kier molecular flexibility index (Phi) is 2.35. The second-order valence-electron chi connectivity index (χ2n) is 2.94. The van der Waals surface area contributed by atoms with Gasteiger partial charge in [0.1, 0.15) is 13.0 Å². The van der Waals surface area contributed by atoms with Crippen LogP contribution in [0.2, 0.25) is 0 Å². The second-order valence-corrected chi connectivity index (χ2v) is 2.94. The molecule has 0 aliphatic heterocycles. The average molecular weight is 226 g/mol. The molecule has 1 amide bonds. The first kappa shape index (κ1) is 10.2. The van der Waals surface area contributed by atoms with E-state index < -0.39 is 18.3 Å². The lowest BCUT2D eigenvalue weighted by Gasteiger charge is -1.99. The lowest BCUT2D eigenvalue weighted by molar-refractivity contribution is 0.0997. The van der Waals surface area contributed by atoms with Gasteiger partial charge >= 0.3 is 5.69 Å². The molecule has 0 unspecified atom stereocenters. The van der Waals surface area contributed by atoms with Gasteiger partial charge in [0.25, 0.3) is 5.91 Å². The van der Waals surface area contributed by atoms with Crippen molar-refractivity contribution in [3.8, 4) is 0 Å². The van der Waals surface area contributed by atoms with Crippen LogP contribution >= 0.6 is 0 Å². The molecular weight excluding hydrogens is 219 g/mol. The number of fused-ring (bicyclic) bond motifs is 1. The molecule has 8 nitrogen and oxygen atoms in total. The maximum absolute atomic E-state index is 12.1. The number of nitrogens with two attached hydrogens (primary N) is 1. The van der Waals surface area contributed by atoms with Crippen LogP contribution in [0.1, 0.15) is 10.5 Å². The van der Waals surface area contributed by atoms with Crippen molar-refractivity contribution in [3.63, 3.8) is 0 Å². The van der Waals surface area contributed by atoms with Crippen LogP contribution < -0.4 is 11.4 Å². The maximum Gasteiger partial charge on any atom is 0.353 e. The summed E-state index contributed by atoms with van der Waals surface area (Å²) in [6.07, 6.45) is 1.10. The number of amides is 1. The van der Waals surface area contributed by atoms with E-state index in [2.05, 4.69) is 15.3 Å². The van der Waals surface area contributed by atoms with Gasteiger partial charge in [0.05, 0.1) is 6.54 Å². The molecule has 0 atom stereocenters. The molecule has 2 heterocycles. The zero-order valence-corrected chi connectivity index (χ0v) is 8.00. The summed E-state index contributed by atoms with van der Waals surface area (Å²) in [7, 11) is 0. The van der Waals surface area contributed by atoms with Gasteiger partial charge in [0, 0.05) is 0 Å². The van der Waals surface area contributed by atoms with Gasteiger partial charge in [0.2, 0.25) is 0 Å². The second kappa shape index (κ2) is 3.68. The summed E-state index contributed by atoms with van der Waals surface area (Å²) >= 11 is 0. The summed E-state index contributed by atoms with van der Waals surface area (Å²) in [5.41, 5.74) is 4.22. The van der Waals surface area contributed by atoms with Crippen molar-refractivity contribution >= 4 is 11.6 Å². The van der Waals surface area contributed by atoms with Crippen molar-refractivity contribution in [2.24, 2.45) is 5.73 Å². The molecule has 0 saturated heterocycles. The van der Waals surface area contributed by atoms with Crippen LogP contribution in [-0.2, 0) is 6.54 Å². The molecule has 0 spiro atoms. The Morgan fingerprint density at radius 2 is 2.31 bits per heavy atom. The van der Waals surface area contributed by atoms with E-state index in [1.165, 1.54) is 0 Å². The minimum Gasteiger partial charge on any atom is -0.364 e. The predicted molar refractivity (Wildman–Crippen MR) is 49.5 cm³/mol. The van der Waals surface area contributed by atoms with Gasteiger partial charge in [-0.2, -0.15) is 4.68 Å². The van der Waals surface area contributed by atoms with Crippen molar-refractivity contribution in [2.45, 2.75) is 6.54 Å². The van der Waals surface area contributed by atoms with Gasteiger partial charge in [-0.3, -0.25) is 4.79 Å².